The average molecular weight is 316 g/mol. The van der Waals surface area contributed by atoms with Crippen molar-refractivity contribution in [3.8, 4) is 11.4 Å². The first-order chi connectivity index (χ1) is 11.3. The molecule has 6 heteroatoms. The van der Waals surface area contributed by atoms with Gasteiger partial charge < -0.3 is 15.0 Å². The molecule has 3 rings (SSSR count). The lowest BCUT2D eigenvalue weighted by molar-refractivity contribution is 0.181. The van der Waals surface area contributed by atoms with Crippen molar-refractivity contribution < 1.29 is 9.13 Å². The van der Waals surface area contributed by atoms with Crippen LogP contribution in [0.3, 0.4) is 0 Å². The van der Waals surface area contributed by atoms with Gasteiger partial charge >= 0.3 is 0 Å². The SMILES string of the molecule is COCc1cc(N2CCCNCC2)nc(-c2ccc(F)cc2)n1. The summed E-state index contributed by atoms with van der Waals surface area (Å²) in [6.07, 6.45) is 1.08. The van der Waals surface area contributed by atoms with E-state index in [4.69, 9.17) is 4.74 Å². The van der Waals surface area contributed by atoms with Gasteiger partial charge in [-0.15, -0.1) is 0 Å². The predicted molar refractivity (Wildman–Crippen MR) is 87.8 cm³/mol. The summed E-state index contributed by atoms with van der Waals surface area (Å²) in [6, 6.07) is 8.24. The molecule has 1 aliphatic rings. The van der Waals surface area contributed by atoms with Gasteiger partial charge in [-0.3, -0.25) is 0 Å². The summed E-state index contributed by atoms with van der Waals surface area (Å²) in [5.41, 5.74) is 1.63. The molecule has 0 saturated carbocycles. The van der Waals surface area contributed by atoms with Crippen LogP contribution >= 0.6 is 0 Å². The normalized spacial score (nSPS) is 15.5. The van der Waals surface area contributed by atoms with Crippen molar-refractivity contribution in [2.75, 3.05) is 38.2 Å². The molecule has 1 aromatic heterocycles. The van der Waals surface area contributed by atoms with E-state index in [0.717, 1.165) is 49.7 Å². The molecule has 0 aliphatic carbocycles. The second-order valence-corrected chi connectivity index (χ2v) is 5.57. The van der Waals surface area contributed by atoms with Crippen LogP contribution in [0.2, 0.25) is 0 Å². The molecular weight excluding hydrogens is 295 g/mol. The highest BCUT2D eigenvalue weighted by atomic mass is 19.1. The van der Waals surface area contributed by atoms with Crippen LogP contribution < -0.4 is 10.2 Å². The fourth-order valence-electron chi connectivity index (χ4n) is 2.67. The lowest BCUT2D eigenvalue weighted by Crippen LogP contribution is -2.29. The highest BCUT2D eigenvalue weighted by molar-refractivity contribution is 5.58. The Hall–Kier alpha value is -2.05. The van der Waals surface area contributed by atoms with E-state index in [0.29, 0.717) is 12.4 Å². The number of ether oxygens (including phenoxy) is 1. The largest absolute Gasteiger partial charge is 0.378 e. The fourth-order valence-corrected chi connectivity index (χ4v) is 2.67. The van der Waals surface area contributed by atoms with Crippen molar-refractivity contribution in [2.24, 2.45) is 0 Å². The van der Waals surface area contributed by atoms with Crippen LogP contribution in [0.5, 0.6) is 0 Å². The number of hydrogen-bond donors (Lipinski definition) is 1. The van der Waals surface area contributed by atoms with E-state index in [9.17, 15) is 4.39 Å². The Morgan fingerprint density at radius 2 is 2.00 bits per heavy atom. The van der Waals surface area contributed by atoms with Crippen LogP contribution in [0.25, 0.3) is 11.4 Å². The van der Waals surface area contributed by atoms with E-state index < -0.39 is 0 Å². The van der Waals surface area contributed by atoms with E-state index in [2.05, 4.69) is 20.2 Å². The summed E-state index contributed by atoms with van der Waals surface area (Å²) in [4.78, 5) is 11.5. The molecule has 1 aliphatic heterocycles. The summed E-state index contributed by atoms with van der Waals surface area (Å²) in [7, 11) is 1.65. The van der Waals surface area contributed by atoms with Crippen LogP contribution in [-0.2, 0) is 11.3 Å². The maximum Gasteiger partial charge on any atom is 0.161 e. The van der Waals surface area contributed by atoms with Crippen LogP contribution in [0.1, 0.15) is 12.1 Å². The number of rotatable bonds is 4. The third-order valence-corrected chi connectivity index (χ3v) is 3.82. The molecule has 23 heavy (non-hydrogen) atoms. The monoisotopic (exact) mass is 316 g/mol. The van der Waals surface area contributed by atoms with Crippen LogP contribution in [0, 0.1) is 5.82 Å². The van der Waals surface area contributed by atoms with Crippen LogP contribution in [-0.4, -0.2) is 43.3 Å². The molecule has 0 amide bonds. The number of nitrogens with zero attached hydrogens (tertiary/aromatic N) is 3. The van der Waals surface area contributed by atoms with Gasteiger partial charge in [0.05, 0.1) is 12.3 Å². The Morgan fingerprint density at radius 1 is 1.17 bits per heavy atom. The Kier molecular flexibility index (Phi) is 5.15. The lowest BCUT2D eigenvalue weighted by atomic mass is 10.2. The first kappa shape index (κ1) is 15.8. The molecular formula is C17H21FN4O. The average Bonchev–Trinajstić information content (AvgIpc) is 2.85. The van der Waals surface area contributed by atoms with Gasteiger partial charge in [-0.05, 0) is 37.2 Å². The number of benzene rings is 1. The lowest BCUT2D eigenvalue weighted by Gasteiger charge is -2.22. The Bertz CT molecular complexity index is 640. The third kappa shape index (κ3) is 4.03. The highest BCUT2D eigenvalue weighted by Gasteiger charge is 2.14. The van der Waals surface area contributed by atoms with Crippen LogP contribution in [0.4, 0.5) is 10.2 Å². The van der Waals surface area contributed by atoms with Gasteiger partial charge in [-0.2, -0.15) is 0 Å². The number of anilines is 1. The van der Waals surface area contributed by atoms with E-state index in [-0.39, 0.29) is 5.82 Å². The maximum atomic E-state index is 13.1. The summed E-state index contributed by atoms with van der Waals surface area (Å²) in [5, 5.41) is 3.39. The summed E-state index contributed by atoms with van der Waals surface area (Å²) < 4.78 is 18.4. The molecule has 0 radical (unpaired) electrons. The van der Waals surface area contributed by atoms with Gasteiger partial charge in [-0.25, -0.2) is 14.4 Å². The zero-order chi connectivity index (χ0) is 16.1. The van der Waals surface area contributed by atoms with Gasteiger partial charge in [0.2, 0.25) is 0 Å². The van der Waals surface area contributed by atoms with E-state index in [1.54, 1.807) is 19.2 Å². The second-order valence-electron chi connectivity index (χ2n) is 5.57. The third-order valence-electron chi connectivity index (χ3n) is 3.82. The summed E-state index contributed by atoms with van der Waals surface area (Å²) >= 11 is 0. The van der Waals surface area contributed by atoms with Gasteiger partial charge in [0.25, 0.3) is 0 Å². The zero-order valence-corrected chi connectivity index (χ0v) is 13.3. The van der Waals surface area contributed by atoms with E-state index in [1.165, 1.54) is 12.1 Å². The molecule has 1 N–H and O–H groups in total. The standard InChI is InChI=1S/C17H21FN4O/c1-23-12-15-11-16(22-9-2-7-19-8-10-22)21-17(20-15)13-3-5-14(18)6-4-13/h3-6,11,19H,2,7-10,12H2,1H3. The minimum Gasteiger partial charge on any atom is -0.378 e. The van der Waals surface area contributed by atoms with Gasteiger partial charge in [0.1, 0.15) is 11.6 Å². The minimum atomic E-state index is -0.263. The van der Waals surface area contributed by atoms with Crippen molar-refractivity contribution in [1.82, 2.24) is 15.3 Å². The van der Waals surface area contributed by atoms with E-state index in [1.807, 2.05) is 6.07 Å². The second kappa shape index (κ2) is 7.48. The van der Waals surface area contributed by atoms with Gasteiger partial charge in [0, 0.05) is 38.4 Å². The number of hydrogen-bond acceptors (Lipinski definition) is 5. The molecule has 1 fully saturated rings. The molecule has 0 atom stereocenters. The van der Waals surface area contributed by atoms with E-state index >= 15 is 0 Å². The molecule has 122 valence electrons. The van der Waals surface area contributed by atoms with Crippen molar-refractivity contribution in [1.29, 1.82) is 0 Å². The molecule has 0 bridgehead atoms. The quantitative estimate of drug-likeness (QED) is 0.937. The van der Waals surface area contributed by atoms with Gasteiger partial charge in [-0.1, -0.05) is 0 Å². The Labute approximate surface area is 135 Å². The Balaban J connectivity index is 1.96. The minimum absolute atomic E-state index is 0.263. The van der Waals surface area contributed by atoms with Crippen molar-refractivity contribution >= 4 is 5.82 Å². The Morgan fingerprint density at radius 3 is 2.78 bits per heavy atom. The zero-order valence-electron chi connectivity index (χ0n) is 13.3. The summed E-state index contributed by atoms with van der Waals surface area (Å²) in [6.45, 7) is 4.26. The molecule has 1 saturated heterocycles. The fraction of sp³-hybridized carbons (Fsp3) is 0.412. The number of methoxy groups -OCH3 is 1. The number of nitrogens with one attached hydrogen (secondary N) is 1. The van der Waals surface area contributed by atoms with Crippen molar-refractivity contribution in [3.63, 3.8) is 0 Å². The smallest absolute Gasteiger partial charge is 0.161 e. The predicted octanol–water partition coefficient (Wildman–Crippen LogP) is 2.23. The number of halogens is 1. The molecule has 1 aromatic carbocycles. The van der Waals surface area contributed by atoms with Gasteiger partial charge in [0.15, 0.2) is 5.82 Å². The first-order valence-corrected chi connectivity index (χ1v) is 7.85. The molecule has 2 aromatic rings. The molecule has 0 spiro atoms. The van der Waals surface area contributed by atoms with Crippen molar-refractivity contribution in [2.45, 2.75) is 13.0 Å². The molecule has 2 heterocycles. The van der Waals surface area contributed by atoms with Crippen LogP contribution in [0.15, 0.2) is 30.3 Å². The topological polar surface area (TPSA) is 50.3 Å². The van der Waals surface area contributed by atoms with Crippen molar-refractivity contribution in [3.05, 3.63) is 41.8 Å². The molecule has 0 unspecified atom stereocenters. The highest BCUT2D eigenvalue weighted by Crippen LogP contribution is 2.21. The number of aromatic nitrogens is 2. The maximum absolute atomic E-state index is 13.1. The molecule has 5 nitrogen and oxygen atoms in total. The summed E-state index contributed by atoms with van der Waals surface area (Å²) in [5.74, 6) is 1.24. The first-order valence-electron chi connectivity index (χ1n) is 7.85.